The van der Waals surface area contributed by atoms with Gasteiger partial charge < -0.3 is 24.2 Å². The Bertz CT molecular complexity index is 1200. The molecule has 0 radical (unpaired) electrons. The molecule has 236 valence electrons. The third-order valence-corrected chi connectivity index (χ3v) is 10.7. The molecule has 1 aliphatic heterocycles. The normalized spacial score (nSPS) is 19.7. The van der Waals surface area contributed by atoms with E-state index in [1.54, 1.807) is 13.1 Å². The molecule has 0 fully saturated rings. The molecular formula is C32H49IN2O6S. The van der Waals surface area contributed by atoms with Crippen molar-refractivity contribution in [1.82, 2.24) is 4.31 Å². The Balaban J connectivity index is 1.99. The van der Waals surface area contributed by atoms with Gasteiger partial charge in [0.05, 0.1) is 43.0 Å². The number of aliphatic hydroxyl groups excluding tert-OH is 1. The molecule has 8 nitrogen and oxygen atoms in total. The average molecular weight is 717 g/mol. The summed E-state index contributed by atoms with van der Waals surface area (Å²) in [5.74, 6) is 0.162. The minimum atomic E-state index is -3.87. The van der Waals surface area contributed by atoms with Crippen molar-refractivity contribution in [3.05, 3.63) is 53.6 Å². The molecule has 0 spiro atoms. The molecule has 2 aromatic carbocycles. The maximum Gasteiger partial charge on any atom is 0.243 e. The summed E-state index contributed by atoms with van der Waals surface area (Å²) in [7, 11) is 1.66. The van der Waals surface area contributed by atoms with Gasteiger partial charge in [-0.1, -0.05) is 74.3 Å². The molecule has 10 heteroatoms. The van der Waals surface area contributed by atoms with Crippen molar-refractivity contribution in [3.63, 3.8) is 0 Å². The van der Waals surface area contributed by atoms with Crippen molar-refractivity contribution < 1.29 is 27.7 Å². The molecule has 0 aliphatic carbocycles. The number of alkyl halides is 1. The van der Waals surface area contributed by atoms with Crippen molar-refractivity contribution in [1.29, 1.82) is 0 Å². The summed E-state index contributed by atoms with van der Waals surface area (Å²) in [6, 6.07) is 13.2. The highest BCUT2D eigenvalue weighted by Gasteiger charge is 2.53. The Morgan fingerprint density at radius 1 is 0.929 bits per heavy atom. The van der Waals surface area contributed by atoms with Crippen molar-refractivity contribution in [2.45, 2.75) is 74.8 Å². The maximum atomic E-state index is 14.2. The predicted molar refractivity (Wildman–Crippen MR) is 178 cm³/mol. The molecule has 0 saturated heterocycles. The molecule has 1 heterocycles. The standard InChI is InChI=1S/C32H49IN2O6S/c1-6-8-16-32(17-9-7-2)31(36)30(28-24-26(34(3)4)12-15-29(28)42(37,38)35(32)5)25-10-13-27(14-11-25)41-23-22-40-21-20-39-19-18-33/h10-15,24,30-31,36H,6-9,16-23H2,1-5H3/t30-,31-/m1/s1. The largest absolute Gasteiger partial charge is 0.491 e. The van der Waals surface area contributed by atoms with Crippen LogP contribution in [-0.2, 0) is 19.5 Å². The zero-order chi connectivity index (χ0) is 30.8. The summed E-state index contributed by atoms with van der Waals surface area (Å²) in [6.45, 7) is 6.90. The molecule has 42 heavy (non-hydrogen) atoms. The number of aliphatic hydroxyl groups is 1. The summed E-state index contributed by atoms with van der Waals surface area (Å²) in [6.07, 6.45) is 3.72. The summed E-state index contributed by atoms with van der Waals surface area (Å²) in [4.78, 5) is 2.22. The summed E-state index contributed by atoms with van der Waals surface area (Å²) in [5, 5.41) is 12.4. The number of rotatable bonds is 17. The van der Waals surface area contributed by atoms with Gasteiger partial charge in [-0.15, -0.1) is 0 Å². The van der Waals surface area contributed by atoms with Crippen molar-refractivity contribution in [2.24, 2.45) is 0 Å². The van der Waals surface area contributed by atoms with Crippen LogP contribution in [0.1, 0.15) is 69.4 Å². The van der Waals surface area contributed by atoms with Crippen LogP contribution in [0.25, 0.3) is 0 Å². The maximum absolute atomic E-state index is 14.2. The lowest BCUT2D eigenvalue weighted by molar-refractivity contribution is -0.00314. The summed E-state index contributed by atoms with van der Waals surface area (Å²) < 4.78 is 47.8. The molecule has 0 bridgehead atoms. The number of hydrogen-bond donors (Lipinski definition) is 1. The topological polar surface area (TPSA) is 88.5 Å². The van der Waals surface area contributed by atoms with Crippen LogP contribution in [0.4, 0.5) is 5.69 Å². The van der Waals surface area contributed by atoms with Gasteiger partial charge in [0, 0.05) is 37.2 Å². The molecule has 1 aliphatic rings. The summed E-state index contributed by atoms with van der Waals surface area (Å²) in [5.41, 5.74) is 1.44. The first-order valence-electron chi connectivity index (χ1n) is 15.1. The van der Waals surface area contributed by atoms with Gasteiger partial charge in [-0.05, 0) is 54.3 Å². The van der Waals surface area contributed by atoms with E-state index in [0.717, 1.165) is 48.0 Å². The molecule has 0 unspecified atom stereocenters. The Hall–Kier alpha value is -1.44. The van der Waals surface area contributed by atoms with Crippen LogP contribution in [0.2, 0.25) is 0 Å². The number of ether oxygens (including phenoxy) is 3. The number of likely N-dealkylation sites (N-methyl/N-ethyl adjacent to an activating group) is 1. The molecule has 1 N–H and O–H groups in total. The van der Waals surface area contributed by atoms with Gasteiger partial charge in [0.1, 0.15) is 12.4 Å². The van der Waals surface area contributed by atoms with Crippen LogP contribution in [0.3, 0.4) is 0 Å². The van der Waals surface area contributed by atoms with Gasteiger partial charge >= 0.3 is 0 Å². The van der Waals surface area contributed by atoms with E-state index in [0.29, 0.717) is 50.6 Å². The van der Waals surface area contributed by atoms with E-state index in [4.69, 9.17) is 14.2 Å². The Kier molecular flexibility index (Phi) is 13.8. The van der Waals surface area contributed by atoms with Crippen LogP contribution in [-0.4, -0.2) is 88.1 Å². The van der Waals surface area contributed by atoms with Gasteiger partial charge in [-0.2, -0.15) is 4.31 Å². The molecule has 2 atom stereocenters. The van der Waals surface area contributed by atoms with E-state index >= 15 is 0 Å². The lowest BCUT2D eigenvalue weighted by atomic mass is 9.72. The quantitative estimate of drug-likeness (QED) is 0.125. The van der Waals surface area contributed by atoms with E-state index in [9.17, 15) is 13.5 Å². The minimum Gasteiger partial charge on any atom is -0.491 e. The highest BCUT2D eigenvalue weighted by Crippen LogP contribution is 2.48. The average Bonchev–Trinajstić information content (AvgIpc) is 3.03. The zero-order valence-electron chi connectivity index (χ0n) is 25.9. The number of unbranched alkanes of at least 4 members (excludes halogenated alkanes) is 2. The van der Waals surface area contributed by atoms with E-state index < -0.39 is 27.6 Å². The number of fused-ring (bicyclic) bond motifs is 1. The fraction of sp³-hybridized carbons (Fsp3) is 0.625. The Labute approximate surface area is 266 Å². The summed E-state index contributed by atoms with van der Waals surface area (Å²) >= 11 is 2.28. The van der Waals surface area contributed by atoms with E-state index in [2.05, 4.69) is 36.4 Å². The molecular weight excluding hydrogens is 667 g/mol. The fourth-order valence-electron chi connectivity index (χ4n) is 5.78. The molecule has 2 aromatic rings. The van der Waals surface area contributed by atoms with Gasteiger partial charge in [0.15, 0.2) is 0 Å². The second-order valence-electron chi connectivity index (χ2n) is 11.2. The number of sulfonamides is 1. The number of halogens is 1. The molecule has 0 amide bonds. The Morgan fingerprint density at radius 2 is 1.52 bits per heavy atom. The molecule has 0 saturated carbocycles. The van der Waals surface area contributed by atoms with Crippen LogP contribution in [0.15, 0.2) is 47.4 Å². The highest BCUT2D eigenvalue weighted by molar-refractivity contribution is 14.1. The lowest BCUT2D eigenvalue weighted by Crippen LogP contribution is -2.57. The first-order valence-corrected chi connectivity index (χ1v) is 18.0. The van der Waals surface area contributed by atoms with Gasteiger partial charge in [-0.3, -0.25) is 0 Å². The third-order valence-electron chi connectivity index (χ3n) is 8.23. The van der Waals surface area contributed by atoms with Crippen LogP contribution in [0.5, 0.6) is 5.75 Å². The van der Waals surface area contributed by atoms with E-state index in [1.807, 2.05) is 55.4 Å². The van der Waals surface area contributed by atoms with Crippen LogP contribution >= 0.6 is 22.6 Å². The fourth-order valence-corrected chi connectivity index (χ4v) is 7.87. The zero-order valence-corrected chi connectivity index (χ0v) is 28.8. The monoisotopic (exact) mass is 716 g/mol. The first kappa shape index (κ1) is 35.0. The third kappa shape index (κ3) is 8.18. The van der Waals surface area contributed by atoms with E-state index in [-0.39, 0.29) is 4.90 Å². The Morgan fingerprint density at radius 3 is 2.10 bits per heavy atom. The van der Waals surface area contributed by atoms with Crippen LogP contribution in [0, 0.1) is 0 Å². The minimum absolute atomic E-state index is 0.259. The SMILES string of the molecule is CCCCC1(CCCC)[C@H](O)[C@H](c2ccc(OCCOCCOCCI)cc2)c2cc(N(C)C)ccc2S(=O)(=O)N1C. The molecule has 3 rings (SSSR count). The second kappa shape index (κ2) is 16.6. The molecule has 0 aromatic heterocycles. The van der Waals surface area contributed by atoms with Crippen LogP contribution < -0.4 is 9.64 Å². The van der Waals surface area contributed by atoms with E-state index in [1.165, 1.54) is 4.31 Å². The predicted octanol–water partition coefficient (Wildman–Crippen LogP) is 5.85. The first-order chi connectivity index (χ1) is 20.1. The van der Waals surface area contributed by atoms with Gasteiger partial charge in [-0.25, -0.2) is 8.42 Å². The smallest absolute Gasteiger partial charge is 0.243 e. The van der Waals surface area contributed by atoms with Crippen molar-refractivity contribution >= 4 is 38.3 Å². The van der Waals surface area contributed by atoms with Crippen molar-refractivity contribution in [3.8, 4) is 5.75 Å². The number of hydrogen-bond acceptors (Lipinski definition) is 7. The number of benzene rings is 2. The second-order valence-corrected chi connectivity index (χ2v) is 14.2. The lowest BCUT2D eigenvalue weighted by Gasteiger charge is -2.45. The number of anilines is 1. The highest BCUT2D eigenvalue weighted by atomic mass is 127. The van der Waals surface area contributed by atoms with Gasteiger partial charge in [0.2, 0.25) is 10.0 Å². The number of nitrogens with zero attached hydrogens (tertiary/aromatic N) is 2. The van der Waals surface area contributed by atoms with Crippen molar-refractivity contribution in [2.75, 3.05) is 63.5 Å². The van der Waals surface area contributed by atoms with Gasteiger partial charge in [0.25, 0.3) is 0 Å².